The summed E-state index contributed by atoms with van der Waals surface area (Å²) in [5.74, 6) is 0.159. The molecule has 4 heteroatoms. The molecule has 20 heavy (non-hydrogen) atoms. The molecule has 1 atom stereocenters. The summed E-state index contributed by atoms with van der Waals surface area (Å²) in [5.41, 5.74) is 7.17. The van der Waals surface area contributed by atoms with Gasteiger partial charge in [0.05, 0.1) is 6.04 Å². The molecule has 0 saturated carbocycles. The van der Waals surface area contributed by atoms with Crippen molar-refractivity contribution in [3.05, 3.63) is 35.9 Å². The average molecular weight is 273 g/mol. The van der Waals surface area contributed by atoms with Gasteiger partial charge in [0.25, 0.3) is 0 Å². The Kier molecular flexibility index (Phi) is 4.03. The summed E-state index contributed by atoms with van der Waals surface area (Å²) in [7, 11) is 0. The molecule has 0 aromatic heterocycles. The molecule has 1 aromatic rings. The first kappa shape index (κ1) is 13.6. The highest BCUT2D eigenvalue weighted by atomic mass is 16.2. The Morgan fingerprint density at radius 1 is 1.05 bits per heavy atom. The molecule has 1 aromatic carbocycles. The van der Waals surface area contributed by atoms with Crippen LogP contribution in [0.15, 0.2) is 30.3 Å². The third-order valence-corrected chi connectivity index (χ3v) is 4.53. The third-order valence-electron chi connectivity index (χ3n) is 4.53. The van der Waals surface area contributed by atoms with Crippen molar-refractivity contribution >= 4 is 5.91 Å². The van der Waals surface area contributed by atoms with Gasteiger partial charge in [-0.1, -0.05) is 30.3 Å². The zero-order valence-corrected chi connectivity index (χ0v) is 11.9. The molecule has 4 nitrogen and oxygen atoms in total. The average Bonchev–Trinajstić information content (AvgIpc) is 2.81. The standard InChI is InChI=1S/C16H23N3O/c17-15-8-11-19(16(15)20)14-6-9-18(10-7-14)12-13-4-2-1-3-5-13/h1-5,14-15H,6-12,17H2/t15-/m0/s1. The number of carbonyl (C=O) groups excluding carboxylic acids is 1. The molecule has 108 valence electrons. The lowest BCUT2D eigenvalue weighted by Gasteiger charge is -2.36. The van der Waals surface area contributed by atoms with Crippen molar-refractivity contribution in [2.75, 3.05) is 19.6 Å². The van der Waals surface area contributed by atoms with Gasteiger partial charge in [-0.05, 0) is 24.8 Å². The molecule has 2 heterocycles. The lowest BCUT2D eigenvalue weighted by atomic mass is 10.0. The van der Waals surface area contributed by atoms with E-state index in [0.29, 0.717) is 6.04 Å². The van der Waals surface area contributed by atoms with Crippen molar-refractivity contribution in [2.24, 2.45) is 5.73 Å². The van der Waals surface area contributed by atoms with Gasteiger partial charge < -0.3 is 10.6 Å². The number of benzene rings is 1. The number of piperidine rings is 1. The molecule has 2 aliphatic heterocycles. The van der Waals surface area contributed by atoms with Gasteiger partial charge in [-0.2, -0.15) is 0 Å². The molecule has 2 aliphatic rings. The molecule has 0 radical (unpaired) electrons. The number of rotatable bonds is 3. The zero-order valence-electron chi connectivity index (χ0n) is 11.9. The molecule has 3 rings (SSSR count). The van der Waals surface area contributed by atoms with Crippen LogP contribution in [0.5, 0.6) is 0 Å². The Morgan fingerprint density at radius 2 is 1.75 bits per heavy atom. The van der Waals surface area contributed by atoms with E-state index in [9.17, 15) is 4.79 Å². The Balaban J connectivity index is 1.51. The largest absolute Gasteiger partial charge is 0.338 e. The maximum atomic E-state index is 12.0. The van der Waals surface area contributed by atoms with Crippen LogP contribution in [0.25, 0.3) is 0 Å². The van der Waals surface area contributed by atoms with Gasteiger partial charge in [-0.25, -0.2) is 0 Å². The first-order chi connectivity index (χ1) is 9.74. The maximum Gasteiger partial charge on any atom is 0.239 e. The number of likely N-dealkylation sites (tertiary alicyclic amines) is 2. The quantitative estimate of drug-likeness (QED) is 0.900. The van der Waals surface area contributed by atoms with E-state index in [-0.39, 0.29) is 11.9 Å². The number of carbonyl (C=O) groups is 1. The summed E-state index contributed by atoms with van der Waals surface area (Å²) >= 11 is 0. The Bertz CT molecular complexity index is 454. The van der Waals surface area contributed by atoms with E-state index in [1.54, 1.807) is 0 Å². The maximum absolute atomic E-state index is 12.0. The molecule has 1 amide bonds. The second-order valence-electron chi connectivity index (χ2n) is 5.92. The van der Waals surface area contributed by atoms with E-state index in [4.69, 9.17) is 5.73 Å². The molecule has 0 bridgehead atoms. The van der Waals surface area contributed by atoms with Crippen LogP contribution in [-0.4, -0.2) is 47.4 Å². The van der Waals surface area contributed by atoms with Gasteiger partial charge >= 0.3 is 0 Å². The van der Waals surface area contributed by atoms with Gasteiger partial charge in [-0.3, -0.25) is 9.69 Å². The Hall–Kier alpha value is -1.39. The summed E-state index contributed by atoms with van der Waals surface area (Å²) in [6, 6.07) is 10.7. The summed E-state index contributed by atoms with van der Waals surface area (Å²) in [4.78, 5) is 16.5. The minimum absolute atomic E-state index is 0.159. The number of nitrogens with two attached hydrogens (primary N) is 1. The number of hydrogen-bond acceptors (Lipinski definition) is 3. The van der Waals surface area contributed by atoms with Crippen LogP contribution < -0.4 is 5.73 Å². The fourth-order valence-corrected chi connectivity index (χ4v) is 3.32. The van der Waals surface area contributed by atoms with Crippen LogP contribution in [0.3, 0.4) is 0 Å². The van der Waals surface area contributed by atoms with E-state index in [0.717, 1.165) is 45.4 Å². The van der Waals surface area contributed by atoms with Crippen LogP contribution in [0.2, 0.25) is 0 Å². The van der Waals surface area contributed by atoms with Crippen molar-refractivity contribution in [1.82, 2.24) is 9.80 Å². The number of hydrogen-bond donors (Lipinski definition) is 1. The van der Waals surface area contributed by atoms with Crippen molar-refractivity contribution in [3.8, 4) is 0 Å². The first-order valence-electron chi connectivity index (χ1n) is 7.56. The Labute approximate surface area is 120 Å². The summed E-state index contributed by atoms with van der Waals surface area (Å²) in [6.07, 6.45) is 2.97. The fourth-order valence-electron chi connectivity index (χ4n) is 3.32. The second kappa shape index (κ2) is 5.94. The van der Waals surface area contributed by atoms with Crippen molar-refractivity contribution in [3.63, 3.8) is 0 Å². The Morgan fingerprint density at radius 3 is 2.35 bits per heavy atom. The summed E-state index contributed by atoms with van der Waals surface area (Å²) < 4.78 is 0. The molecule has 2 N–H and O–H groups in total. The van der Waals surface area contributed by atoms with Gasteiger partial charge in [0.2, 0.25) is 5.91 Å². The molecular weight excluding hydrogens is 250 g/mol. The SMILES string of the molecule is N[C@H]1CCN(C2CCN(Cc3ccccc3)CC2)C1=O. The predicted octanol–water partition coefficient (Wildman–Crippen LogP) is 1.21. The predicted molar refractivity (Wildman–Crippen MR) is 79.0 cm³/mol. The third kappa shape index (κ3) is 2.86. The zero-order chi connectivity index (χ0) is 13.9. The lowest BCUT2D eigenvalue weighted by molar-refractivity contribution is -0.131. The molecule has 0 unspecified atom stereocenters. The highest BCUT2D eigenvalue weighted by molar-refractivity contribution is 5.84. The molecular formula is C16H23N3O. The highest BCUT2D eigenvalue weighted by Gasteiger charge is 2.35. The van der Waals surface area contributed by atoms with Crippen LogP contribution in [0.4, 0.5) is 0 Å². The highest BCUT2D eigenvalue weighted by Crippen LogP contribution is 2.22. The van der Waals surface area contributed by atoms with Crippen molar-refractivity contribution in [1.29, 1.82) is 0 Å². The lowest BCUT2D eigenvalue weighted by Crippen LogP contribution is -2.47. The second-order valence-corrected chi connectivity index (χ2v) is 5.92. The van der Waals surface area contributed by atoms with Crippen LogP contribution in [0.1, 0.15) is 24.8 Å². The summed E-state index contributed by atoms with van der Waals surface area (Å²) in [6.45, 7) is 4.00. The van der Waals surface area contributed by atoms with E-state index in [1.165, 1.54) is 5.56 Å². The molecule has 2 saturated heterocycles. The number of amides is 1. The monoisotopic (exact) mass is 273 g/mol. The first-order valence-corrected chi connectivity index (χ1v) is 7.56. The molecule has 2 fully saturated rings. The van der Waals surface area contributed by atoms with Crippen LogP contribution in [-0.2, 0) is 11.3 Å². The van der Waals surface area contributed by atoms with Crippen molar-refractivity contribution < 1.29 is 4.79 Å². The van der Waals surface area contributed by atoms with Crippen LogP contribution >= 0.6 is 0 Å². The molecule has 0 spiro atoms. The van der Waals surface area contributed by atoms with E-state index in [2.05, 4.69) is 35.2 Å². The minimum atomic E-state index is -0.252. The van der Waals surface area contributed by atoms with Crippen LogP contribution in [0, 0.1) is 0 Å². The number of nitrogens with zero attached hydrogens (tertiary/aromatic N) is 2. The fraction of sp³-hybridized carbons (Fsp3) is 0.562. The summed E-state index contributed by atoms with van der Waals surface area (Å²) in [5, 5.41) is 0. The van der Waals surface area contributed by atoms with Gasteiger partial charge in [0.15, 0.2) is 0 Å². The van der Waals surface area contributed by atoms with E-state index < -0.39 is 0 Å². The van der Waals surface area contributed by atoms with Crippen molar-refractivity contribution in [2.45, 2.75) is 37.9 Å². The van der Waals surface area contributed by atoms with Gasteiger partial charge in [0, 0.05) is 32.2 Å². The smallest absolute Gasteiger partial charge is 0.239 e. The van der Waals surface area contributed by atoms with Gasteiger partial charge in [-0.15, -0.1) is 0 Å². The van der Waals surface area contributed by atoms with Gasteiger partial charge in [0.1, 0.15) is 0 Å². The van der Waals surface area contributed by atoms with E-state index >= 15 is 0 Å². The minimum Gasteiger partial charge on any atom is -0.338 e. The van der Waals surface area contributed by atoms with E-state index in [1.807, 2.05) is 4.90 Å². The topological polar surface area (TPSA) is 49.6 Å². The molecule has 0 aliphatic carbocycles. The normalized spacial score (nSPS) is 25.4.